The van der Waals surface area contributed by atoms with E-state index in [0.717, 1.165) is 10.7 Å². The van der Waals surface area contributed by atoms with Crippen LogP contribution in [0.4, 0.5) is 0 Å². The summed E-state index contributed by atoms with van der Waals surface area (Å²) in [5, 5.41) is 3.77. The van der Waals surface area contributed by atoms with Gasteiger partial charge in [0, 0.05) is 20.7 Å². The maximum absolute atomic E-state index is 11.8. The van der Waals surface area contributed by atoms with Crippen molar-refractivity contribution in [2.75, 3.05) is 20.7 Å². The van der Waals surface area contributed by atoms with Crippen LogP contribution in [0, 0.1) is 5.92 Å². The number of rotatable bonds is 5. The molecule has 114 valence electrons. The topological polar surface area (TPSA) is 85.5 Å². The summed E-state index contributed by atoms with van der Waals surface area (Å²) < 4.78 is 35.6. The number of nitrogens with zero attached hydrogens (tertiary/aromatic N) is 3. The van der Waals surface area contributed by atoms with Crippen molar-refractivity contribution in [2.24, 2.45) is 5.92 Å². The molecule has 7 nitrogen and oxygen atoms in total. The summed E-state index contributed by atoms with van der Waals surface area (Å²) >= 11 is 0. The van der Waals surface area contributed by atoms with Gasteiger partial charge in [0.15, 0.2) is 5.82 Å². The average molecular weight is 303 g/mol. The molecule has 0 radical (unpaired) electrons. The lowest BCUT2D eigenvalue weighted by molar-refractivity contribution is 0.0627. The van der Waals surface area contributed by atoms with Gasteiger partial charge in [0.05, 0.1) is 12.0 Å². The third-order valence-electron chi connectivity index (χ3n) is 3.46. The lowest BCUT2D eigenvalue weighted by Gasteiger charge is -2.18. The highest BCUT2D eigenvalue weighted by Crippen LogP contribution is 2.34. The van der Waals surface area contributed by atoms with Crippen LogP contribution in [-0.4, -0.2) is 49.7 Å². The van der Waals surface area contributed by atoms with Gasteiger partial charge in [-0.2, -0.15) is 4.98 Å². The molecule has 1 aliphatic heterocycles. The van der Waals surface area contributed by atoms with E-state index in [2.05, 4.69) is 24.0 Å². The quantitative estimate of drug-likeness (QED) is 0.806. The van der Waals surface area contributed by atoms with E-state index in [4.69, 9.17) is 9.26 Å². The Morgan fingerprint density at radius 3 is 2.70 bits per heavy atom. The molecule has 1 aromatic heterocycles. The summed E-state index contributed by atoms with van der Waals surface area (Å²) in [6.45, 7) is 4.83. The third kappa shape index (κ3) is 3.18. The molecule has 8 heteroatoms. The standard InChI is InChI=1S/C12H21N3O4S/c1-8(2)11-9(5-6-18-11)12-13-10(14-19-12)7-20(16,17)15(3)4/h8-9,11H,5-7H2,1-4H3. The minimum absolute atomic E-state index is 0.0498. The average Bonchev–Trinajstić information content (AvgIpc) is 2.95. The van der Waals surface area contributed by atoms with Crippen LogP contribution in [0.3, 0.4) is 0 Å². The molecular weight excluding hydrogens is 282 g/mol. The van der Waals surface area contributed by atoms with E-state index in [1.54, 1.807) is 0 Å². The van der Waals surface area contributed by atoms with Crippen LogP contribution in [-0.2, 0) is 20.5 Å². The summed E-state index contributed by atoms with van der Waals surface area (Å²) in [4.78, 5) is 4.23. The minimum atomic E-state index is -3.37. The van der Waals surface area contributed by atoms with Crippen molar-refractivity contribution < 1.29 is 17.7 Å². The molecule has 0 aliphatic carbocycles. The molecule has 1 saturated heterocycles. The van der Waals surface area contributed by atoms with E-state index in [-0.39, 0.29) is 23.6 Å². The lowest BCUT2D eigenvalue weighted by Crippen LogP contribution is -2.24. The number of ether oxygens (including phenoxy) is 1. The van der Waals surface area contributed by atoms with Crippen molar-refractivity contribution in [2.45, 2.75) is 38.0 Å². The highest BCUT2D eigenvalue weighted by atomic mass is 32.2. The van der Waals surface area contributed by atoms with Crippen LogP contribution < -0.4 is 0 Å². The van der Waals surface area contributed by atoms with Gasteiger partial charge < -0.3 is 9.26 Å². The van der Waals surface area contributed by atoms with E-state index in [0.29, 0.717) is 18.4 Å². The van der Waals surface area contributed by atoms with Gasteiger partial charge in [-0.25, -0.2) is 12.7 Å². The largest absolute Gasteiger partial charge is 0.377 e. The molecule has 0 N–H and O–H groups in total. The van der Waals surface area contributed by atoms with Crippen molar-refractivity contribution in [3.8, 4) is 0 Å². The second-order valence-electron chi connectivity index (χ2n) is 5.56. The van der Waals surface area contributed by atoms with E-state index in [1.165, 1.54) is 14.1 Å². The highest BCUT2D eigenvalue weighted by Gasteiger charge is 2.36. The molecule has 0 amide bonds. The van der Waals surface area contributed by atoms with Crippen molar-refractivity contribution >= 4 is 10.0 Å². The molecule has 2 unspecified atom stereocenters. The number of sulfonamides is 1. The zero-order valence-corrected chi connectivity index (χ0v) is 13.1. The lowest BCUT2D eigenvalue weighted by atomic mass is 9.93. The van der Waals surface area contributed by atoms with E-state index < -0.39 is 10.0 Å². The summed E-state index contributed by atoms with van der Waals surface area (Å²) in [5.41, 5.74) is 0. The van der Waals surface area contributed by atoms with Gasteiger partial charge in [0.25, 0.3) is 0 Å². The SMILES string of the molecule is CC(C)C1OCCC1c1nc(CS(=O)(=O)N(C)C)no1. The second-order valence-corrected chi connectivity index (χ2v) is 7.74. The normalized spacial score (nSPS) is 23.9. The smallest absolute Gasteiger partial charge is 0.232 e. The van der Waals surface area contributed by atoms with Crippen LogP contribution in [0.25, 0.3) is 0 Å². The van der Waals surface area contributed by atoms with Crippen LogP contribution in [0.2, 0.25) is 0 Å². The molecule has 1 aliphatic rings. The van der Waals surface area contributed by atoms with Gasteiger partial charge in [-0.1, -0.05) is 19.0 Å². The Hall–Kier alpha value is -0.990. The van der Waals surface area contributed by atoms with Gasteiger partial charge >= 0.3 is 0 Å². The fraction of sp³-hybridized carbons (Fsp3) is 0.833. The summed E-state index contributed by atoms with van der Waals surface area (Å²) in [7, 11) is -0.410. The molecule has 0 bridgehead atoms. The third-order valence-corrected chi connectivity index (χ3v) is 5.20. The molecule has 2 heterocycles. The molecule has 0 spiro atoms. The number of hydrogen-bond acceptors (Lipinski definition) is 6. The first-order chi connectivity index (χ1) is 9.31. The highest BCUT2D eigenvalue weighted by molar-refractivity contribution is 7.88. The van der Waals surface area contributed by atoms with Crippen LogP contribution in [0.5, 0.6) is 0 Å². The summed E-state index contributed by atoms with van der Waals surface area (Å²) in [5.74, 6) is 0.832. The fourth-order valence-corrected chi connectivity index (χ4v) is 3.00. The van der Waals surface area contributed by atoms with Crippen molar-refractivity contribution in [1.82, 2.24) is 14.4 Å². The van der Waals surface area contributed by atoms with E-state index in [1.807, 2.05) is 0 Å². The molecule has 2 atom stereocenters. The molecule has 20 heavy (non-hydrogen) atoms. The summed E-state index contributed by atoms with van der Waals surface area (Å²) in [6, 6.07) is 0. The van der Waals surface area contributed by atoms with Crippen molar-refractivity contribution in [3.05, 3.63) is 11.7 Å². The Balaban J connectivity index is 2.13. The zero-order chi connectivity index (χ0) is 14.9. The molecule has 1 fully saturated rings. The maximum Gasteiger partial charge on any atom is 0.232 e. The van der Waals surface area contributed by atoms with E-state index in [9.17, 15) is 8.42 Å². The Labute approximate surface area is 119 Å². The molecule has 0 saturated carbocycles. The van der Waals surface area contributed by atoms with E-state index >= 15 is 0 Å². The van der Waals surface area contributed by atoms with Crippen molar-refractivity contribution in [1.29, 1.82) is 0 Å². The summed E-state index contributed by atoms with van der Waals surface area (Å²) in [6.07, 6.45) is 0.874. The first-order valence-electron chi connectivity index (χ1n) is 6.65. The predicted octanol–water partition coefficient (Wildman–Crippen LogP) is 0.990. The minimum Gasteiger partial charge on any atom is -0.377 e. The van der Waals surface area contributed by atoms with Gasteiger partial charge in [-0.3, -0.25) is 0 Å². The maximum atomic E-state index is 11.8. The zero-order valence-electron chi connectivity index (χ0n) is 12.2. The first-order valence-corrected chi connectivity index (χ1v) is 8.26. The first kappa shape index (κ1) is 15.4. The number of hydrogen-bond donors (Lipinski definition) is 0. The Morgan fingerprint density at radius 1 is 1.40 bits per heavy atom. The van der Waals surface area contributed by atoms with Crippen LogP contribution in [0.15, 0.2) is 4.52 Å². The Bertz CT molecular complexity index is 553. The number of aromatic nitrogens is 2. The van der Waals surface area contributed by atoms with Gasteiger partial charge in [0.2, 0.25) is 15.9 Å². The van der Waals surface area contributed by atoms with Gasteiger partial charge in [0.1, 0.15) is 5.75 Å². The second kappa shape index (κ2) is 5.79. The Kier molecular flexibility index (Phi) is 4.46. The predicted molar refractivity (Wildman–Crippen MR) is 72.5 cm³/mol. The Morgan fingerprint density at radius 2 is 2.10 bits per heavy atom. The van der Waals surface area contributed by atoms with Gasteiger partial charge in [-0.15, -0.1) is 0 Å². The molecule has 1 aromatic rings. The molecule has 2 rings (SSSR count). The van der Waals surface area contributed by atoms with Crippen LogP contribution in [0.1, 0.15) is 37.9 Å². The van der Waals surface area contributed by atoms with Crippen molar-refractivity contribution in [3.63, 3.8) is 0 Å². The molecule has 0 aromatic carbocycles. The van der Waals surface area contributed by atoms with Crippen LogP contribution >= 0.6 is 0 Å². The van der Waals surface area contributed by atoms with Gasteiger partial charge in [-0.05, 0) is 12.3 Å². The molecular formula is C12H21N3O4S. The fourth-order valence-electron chi connectivity index (χ4n) is 2.30. The monoisotopic (exact) mass is 303 g/mol.